The molecule has 0 fully saturated rings. The maximum absolute atomic E-state index is 11.8. The van der Waals surface area contributed by atoms with E-state index in [-0.39, 0.29) is 5.91 Å². The zero-order valence-corrected chi connectivity index (χ0v) is 12.5. The number of hydrogen-bond acceptors (Lipinski definition) is 4. The van der Waals surface area contributed by atoms with Gasteiger partial charge in [0.15, 0.2) is 0 Å². The van der Waals surface area contributed by atoms with Crippen molar-refractivity contribution in [3.05, 3.63) is 53.7 Å². The minimum atomic E-state index is -0.138. The summed E-state index contributed by atoms with van der Waals surface area (Å²) >= 11 is 0. The smallest absolute Gasteiger partial charge is 0.254 e. The Balaban J connectivity index is 1.66. The van der Waals surface area contributed by atoms with Crippen LogP contribution in [0.4, 0.5) is 5.82 Å². The number of aromatic nitrogens is 1. The van der Waals surface area contributed by atoms with Crippen LogP contribution in [0, 0.1) is 5.92 Å². The van der Waals surface area contributed by atoms with E-state index in [2.05, 4.69) is 21.7 Å². The number of fused-ring (bicyclic) bond motifs is 1. The van der Waals surface area contributed by atoms with Crippen molar-refractivity contribution in [3.8, 4) is 5.75 Å². The average molecular weight is 297 g/mol. The van der Waals surface area contributed by atoms with Crippen molar-refractivity contribution in [2.24, 2.45) is 5.92 Å². The Kier molecular flexibility index (Phi) is 4.23. The van der Waals surface area contributed by atoms with E-state index in [1.807, 2.05) is 18.2 Å². The van der Waals surface area contributed by atoms with E-state index in [1.165, 1.54) is 5.56 Å². The molecule has 5 heteroatoms. The van der Waals surface area contributed by atoms with Crippen LogP contribution in [-0.2, 0) is 6.42 Å². The normalized spacial score (nSPS) is 16.3. The monoisotopic (exact) mass is 297 g/mol. The zero-order chi connectivity index (χ0) is 15.4. The van der Waals surface area contributed by atoms with Crippen LogP contribution in [0.25, 0.3) is 0 Å². The molecule has 0 saturated carbocycles. The van der Waals surface area contributed by atoms with Gasteiger partial charge in [0.2, 0.25) is 0 Å². The molecular formula is C17H19N3O2. The third-order valence-electron chi connectivity index (χ3n) is 3.79. The Hall–Kier alpha value is -2.56. The molecule has 1 amide bonds. The SMILES string of the molecule is CNC(=O)c1cccnc1NC[C@H]1COc2ccccc2C1. The number of benzene rings is 1. The predicted octanol–water partition coefficient (Wildman–Crippen LogP) is 2.10. The van der Waals surface area contributed by atoms with Crippen molar-refractivity contribution in [2.75, 3.05) is 25.5 Å². The zero-order valence-electron chi connectivity index (χ0n) is 12.5. The predicted molar refractivity (Wildman–Crippen MR) is 85.2 cm³/mol. The summed E-state index contributed by atoms with van der Waals surface area (Å²) in [5.74, 6) is 1.80. The summed E-state index contributed by atoms with van der Waals surface area (Å²) in [6.45, 7) is 1.39. The fourth-order valence-electron chi connectivity index (χ4n) is 2.63. The molecule has 1 aliphatic rings. The number of carbonyl (C=O) groups excluding carboxylic acids is 1. The van der Waals surface area contributed by atoms with E-state index in [4.69, 9.17) is 4.74 Å². The van der Waals surface area contributed by atoms with E-state index in [1.54, 1.807) is 25.4 Å². The molecule has 1 atom stereocenters. The summed E-state index contributed by atoms with van der Waals surface area (Å²) in [7, 11) is 1.62. The highest BCUT2D eigenvalue weighted by Crippen LogP contribution is 2.27. The lowest BCUT2D eigenvalue weighted by atomic mass is 9.97. The Morgan fingerprint density at radius 1 is 1.32 bits per heavy atom. The number of pyridine rings is 1. The van der Waals surface area contributed by atoms with Crippen LogP contribution in [0.5, 0.6) is 5.75 Å². The topological polar surface area (TPSA) is 63.2 Å². The van der Waals surface area contributed by atoms with Crippen LogP contribution in [-0.4, -0.2) is 31.1 Å². The summed E-state index contributed by atoms with van der Waals surface area (Å²) in [5, 5.41) is 5.91. The van der Waals surface area contributed by atoms with E-state index < -0.39 is 0 Å². The first kappa shape index (κ1) is 14.4. The van der Waals surface area contributed by atoms with Crippen LogP contribution >= 0.6 is 0 Å². The van der Waals surface area contributed by atoms with Crippen molar-refractivity contribution in [2.45, 2.75) is 6.42 Å². The van der Waals surface area contributed by atoms with E-state index in [9.17, 15) is 4.79 Å². The summed E-state index contributed by atoms with van der Waals surface area (Å²) in [6, 6.07) is 11.6. The second kappa shape index (κ2) is 6.47. The number of ether oxygens (including phenoxy) is 1. The number of rotatable bonds is 4. The molecule has 1 aliphatic heterocycles. The molecule has 2 heterocycles. The first-order valence-electron chi connectivity index (χ1n) is 7.39. The van der Waals surface area contributed by atoms with Gasteiger partial charge < -0.3 is 15.4 Å². The van der Waals surface area contributed by atoms with Crippen LogP contribution in [0.3, 0.4) is 0 Å². The second-order valence-electron chi connectivity index (χ2n) is 5.35. The second-order valence-corrected chi connectivity index (χ2v) is 5.35. The standard InChI is InChI=1S/C17H19N3O2/c1-18-17(21)14-6-4-8-19-16(14)20-10-12-9-13-5-2-3-7-15(13)22-11-12/h2-8,12H,9-11H2,1H3,(H,18,21)(H,19,20)/t12-/m0/s1. The van der Waals surface area contributed by atoms with Crippen LogP contribution in [0.2, 0.25) is 0 Å². The molecular weight excluding hydrogens is 278 g/mol. The molecule has 0 spiro atoms. The molecule has 0 unspecified atom stereocenters. The van der Waals surface area contributed by atoms with Gasteiger partial charge in [-0.1, -0.05) is 18.2 Å². The van der Waals surface area contributed by atoms with E-state index in [0.29, 0.717) is 23.9 Å². The highest BCUT2D eigenvalue weighted by atomic mass is 16.5. The number of anilines is 1. The Morgan fingerprint density at radius 2 is 2.18 bits per heavy atom. The number of nitrogens with one attached hydrogen (secondary N) is 2. The fraction of sp³-hybridized carbons (Fsp3) is 0.294. The van der Waals surface area contributed by atoms with Gasteiger partial charge in [-0.15, -0.1) is 0 Å². The van der Waals surface area contributed by atoms with Crippen molar-refractivity contribution in [1.82, 2.24) is 10.3 Å². The minimum Gasteiger partial charge on any atom is -0.493 e. The van der Waals surface area contributed by atoms with Gasteiger partial charge in [-0.25, -0.2) is 4.98 Å². The van der Waals surface area contributed by atoms with Gasteiger partial charge in [-0.3, -0.25) is 4.79 Å². The lowest BCUT2D eigenvalue weighted by Crippen LogP contribution is -2.28. The van der Waals surface area contributed by atoms with Gasteiger partial charge in [0.1, 0.15) is 11.6 Å². The van der Waals surface area contributed by atoms with Gasteiger partial charge in [-0.2, -0.15) is 0 Å². The van der Waals surface area contributed by atoms with Crippen LogP contribution in [0.1, 0.15) is 15.9 Å². The molecule has 0 bridgehead atoms. The number of hydrogen-bond donors (Lipinski definition) is 2. The first-order chi connectivity index (χ1) is 10.8. The minimum absolute atomic E-state index is 0.138. The molecule has 2 N–H and O–H groups in total. The number of para-hydroxylation sites is 1. The lowest BCUT2D eigenvalue weighted by Gasteiger charge is -2.25. The number of nitrogens with zero attached hydrogens (tertiary/aromatic N) is 1. The Morgan fingerprint density at radius 3 is 3.05 bits per heavy atom. The van der Waals surface area contributed by atoms with Gasteiger partial charge in [0.25, 0.3) is 5.91 Å². The summed E-state index contributed by atoms with van der Waals surface area (Å²) in [6.07, 6.45) is 2.65. The number of carbonyl (C=O) groups is 1. The molecule has 3 rings (SSSR count). The van der Waals surface area contributed by atoms with Crippen LogP contribution in [0.15, 0.2) is 42.6 Å². The molecule has 1 aromatic heterocycles. The number of amides is 1. The maximum atomic E-state index is 11.8. The van der Waals surface area contributed by atoms with Gasteiger partial charge in [-0.05, 0) is 30.2 Å². The Bertz CT molecular complexity index is 672. The van der Waals surface area contributed by atoms with Gasteiger partial charge in [0, 0.05) is 25.7 Å². The third kappa shape index (κ3) is 3.03. The summed E-state index contributed by atoms with van der Waals surface area (Å²) in [4.78, 5) is 16.1. The summed E-state index contributed by atoms with van der Waals surface area (Å²) in [5.41, 5.74) is 1.79. The first-order valence-corrected chi connectivity index (χ1v) is 7.39. The highest BCUT2D eigenvalue weighted by molar-refractivity contribution is 5.98. The van der Waals surface area contributed by atoms with Gasteiger partial charge in [0.05, 0.1) is 12.2 Å². The van der Waals surface area contributed by atoms with Crippen molar-refractivity contribution >= 4 is 11.7 Å². The third-order valence-corrected chi connectivity index (χ3v) is 3.79. The molecule has 2 aromatic rings. The molecule has 0 saturated heterocycles. The van der Waals surface area contributed by atoms with Crippen molar-refractivity contribution in [1.29, 1.82) is 0 Å². The fourth-order valence-corrected chi connectivity index (χ4v) is 2.63. The quantitative estimate of drug-likeness (QED) is 0.907. The van der Waals surface area contributed by atoms with E-state index >= 15 is 0 Å². The van der Waals surface area contributed by atoms with Crippen molar-refractivity contribution < 1.29 is 9.53 Å². The largest absolute Gasteiger partial charge is 0.493 e. The average Bonchev–Trinajstić information content (AvgIpc) is 2.59. The molecule has 114 valence electrons. The molecule has 5 nitrogen and oxygen atoms in total. The molecule has 1 aromatic carbocycles. The van der Waals surface area contributed by atoms with Crippen molar-refractivity contribution in [3.63, 3.8) is 0 Å². The molecule has 22 heavy (non-hydrogen) atoms. The summed E-state index contributed by atoms with van der Waals surface area (Å²) < 4.78 is 5.78. The highest BCUT2D eigenvalue weighted by Gasteiger charge is 2.20. The molecule has 0 radical (unpaired) electrons. The lowest BCUT2D eigenvalue weighted by molar-refractivity contribution is 0.0963. The van der Waals surface area contributed by atoms with Crippen LogP contribution < -0.4 is 15.4 Å². The van der Waals surface area contributed by atoms with E-state index in [0.717, 1.165) is 18.7 Å². The molecule has 0 aliphatic carbocycles. The maximum Gasteiger partial charge on any atom is 0.254 e. The Labute approximate surface area is 129 Å². The van der Waals surface area contributed by atoms with Gasteiger partial charge >= 0.3 is 0 Å².